The first kappa shape index (κ1) is 32.9. The molecule has 0 saturated carbocycles. The lowest BCUT2D eigenvalue weighted by Crippen LogP contribution is -1.96. The van der Waals surface area contributed by atoms with Crippen molar-refractivity contribution in [1.82, 2.24) is 15.0 Å². The lowest BCUT2D eigenvalue weighted by atomic mass is 9.93. The monoisotopic (exact) mass is 712 g/mol. The minimum atomic E-state index is 0.603. The van der Waals surface area contributed by atoms with Gasteiger partial charge in [0, 0.05) is 29.1 Å². The van der Waals surface area contributed by atoms with Gasteiger partial charge in [-0.05, 0) is 101 Å². The van der Waals surface area contributed by atoms with Crippen molar-refractivity contribution >= 4 is 53.9 Å². The topological polar surface area (TPSA) is 62.5 Å². The molecule has 2 aromatic heterocycles. The van der Waals surface area contributed by atoms with E-state index < -0.39 is 0 Å². The first-order chi connectivity index (χ1) is 27.7. The molecular formula is C52H32N4. The molecule has 56 heavy (non-hydrogen) atoms. The summed E-state index contributed by atoms with van der Waals surface area (Å²) in [6.07, 6.45) is 3.61. The first-order valence-corrected chi connectivity index (χ1v) is 18.6. The molecule has 0 radical (unpaired) electrons. The molecule has 0 atom stereocenters. The van der Waals surface area contributed by atoms with E-state index in [0.29, 0.717) is 11.4 Å². The number of rotatable bonds is 4. The van der Waals surface area contributed by atoms with Crippen molar-refractivity contribution in [2.24, 2.45) is 0 Å². The SMILES string of the molecule is N#Cc1ccc(-c2cc(-c3ccc4c5ccccc5c5ccccc5c5ccccc5c5ccccc5c4c3)nc(-c3ccc(-c4ccncc4)cc3)n2)cc1. The fraction of sp³-hybridized carbons (Fsp3) is 0. The van der Waals surface area contributed by atoms with Gasteiger partial charge in [-0.2, -0.15) is 5.26 Å². The summed E-state index contributed by atoms with van der Waals surface area (Å²) in [5.74, 6) is 0.624. The molecule has 0 aliphatic carbocycles. The summed E-state index contributed by atoms with van der Waals surface area (Å²) in [4.78, 5) is 14.5. The molecule has 0 amide bonds. The molecule has 0 unspecified atom stereocenters. The van der Waals surface area contributed by atoms with E-state index in [-0.39, 0.29) is 0 Å². The lowest BCUT2D eigenvalue weighted by Gasteiger charge is -2.12. The highest BCUT2D eigenvalue weighted by Crippen LogP contribution is 2.38. The van der Waals surface area contributed by atoms with Gasteiger partial charge >= 0.3 is 0 Å². The van der Waals surface area contributed by atoms with Crippen LogP contribution in [0, 0.1) is 11.3 Å². The molecule has 0 spiro atoms. The van der Waals surface area contributed by atoms with Gasteiger partial charge in [-0.25, -0.2) is 9.97 Å². The van der Waals surface area contributed by atoms with Crippen molar-refractivity contribution in [3.05, 3.63) is 200 Å². The summed E-state index contributed by atoms with van der Waals surface area (Å²) in [5, 5.41) is 21.3. The highest BCUT2D eigenvalue weighted by molar-refractivity contribution is 6.26. The van der Waals surface area contributed by atoms with Crippen LogP contribution < -0.4 is 0 Å². The van der Waals surface area contributed by atoms with Gasteiger partial charge in [0.2, 0.25) is 0 Å². The number of fused-ring (bicyclic) bond motifs is 10. The Morgan fingerprint density at radius 3 is 1.18 bits per heavy atom. The van der Waals surface area contributed by atoms with Gasteiger partial charge in [0.1, 0.15) is 0 Å². The molecule has 260 valence electrons. The van der Waals surface area contributed by atoms with Crippen molar-refractivity contribution in [2.45, 2.75) is 0 Å². The van der Waals surface area contributed by atoms with Crippen LogP contribution in [0.3, 0.4) is 0 Å². The fourth-order valence-corrected chi connectivity index (χ4v) is 7.92. The zero-order valence-electron chi connectivity index (χ0n) is 30.3. The molecule has 0 aliphatic heterocycles. The largest absolute Gasteiger partial charge is 0.265 e. The zero-order chi connectivity index (χ0) is 37.4. The number of hydrogen-bond acceptors (Lipinski definition) is 4. The van der Waals surface area contributed by atoms with Crippen molar-refractivity contribution in [2.75, 3.05) is 0 Å². The van der Waals surface area contributed by atoms with Gasteiger partial charge in [-0.1, -0.05) is 146 Å². The van der Waals surface area contributed by atoms with E-state index in [2.05, 4.69) is 157 Å². The Balaban J connectivity index is 1.27. The molecule has 4 heteroatoms. The number of aromatic nitrogens is 3. The van der Waals surface area contributed by atoms with Crippen molar-refractivity contribution in [3.8, 4) is 51.1 Å². The van der Waals surface area contributed by atoms with Crippen LogP contribution in [0.15, 0.2) is 194 Å². The Bertz CT molecular complexity index is 3160. The predicted octanol–water partition coefficient (Wildman–Crippen LogP) is 13.3. The van der Waals surface area contributed by atoms with E-state index in [4.69, 9.17) is 9.97 Å². The van der Waals surface area contributed by atoms with Gasteiger partial charge in [-0.3, -0.25) is 4.98 Å². The molecule has 2 heterocycles. The predicted molar refractivity (Wildman–Crippen MR) is 231 cm³/mol. The van der Waals surface area contributed by atoms with Gasteiger partial charge < -0.3 is 0 Å². The van der Waals surface area contributed by atoms with Crippen LogP contribution in [0.4, 0.5) is 0 Å². The van der Waals surface area contributed by atoms with E-state index in [1.165, 1.54) is 37.7 Å². The molecule has 10 rings (SSSR count). The maximum Gasteiger partial charge on any atom is 0.160 e. The van der Waals surface area contributed by atoms with E-state index in [9.17, 15) is 5.26 Å². The van der Waals surface area contributed by atoms with Gasteiger partial charge in [0.15, 0.2) is 5.82 Å². The standard InChI is InChI=1S/C52H32N4/c53-33-34-17-19-37(20-18-34)50-32-51(56-52(55-50)38-23-21-35(22-24-38)36-27-29-54-30-28-36)39-25-26-48-46-15-6-5-13-44(46)42-11-2-1-9-40(42)41-10-3-4-12-43(41)45-14-7-8-16-47(45)49(48)31-39/h1-32H. The van der Waals surface area contributed by atoms with Crippen LogP contribution in [0.5, 0.6) is 0 Å². The molecular weight excluding hydrogens is 681 g/mol. The molecule has 0 bridgehead atoms. The number of benzene rings is 7. The van der Waals surface area contributed by atoms with Crippen molar-refractivity contribution in [3.63, 3.8) is 0 Å². The van der Waals surface area contributed by atoms with E-state index in [1.807, 2.05) is 36.4 Å². The van der Waals surface area contributed by atoms with Gasteiger partial charge in [-0.15, -0.1) is 0 Å². The van der Waals surface area contributed by atoms with E-state index in [0.717, 1.165) is 55.4 Å². The average molecular weight is 713 g/mol. The van der Waals surface area contributed by atoms with E-state index in [1.54, 1.807) is 12.4 Å². The summed E-state index contributed by atoms with van der Waals surface area (Å²) in [5.41, 5.74) is 7.19. The molecule has 0 saturated heterocycles. The minimum Gasteiger partial charge on any atom is -0.265 e. The summed E-state index contributed by atoms with van der Waals surface area (Å²) in [7, 11) is 0. The second kappa shape index (κ2) is 13.9. The minimum absolute atomic E-state index is 0.603. The van der Waals surface area contributed by atoms with Crippen LogP contribution in [0.25, 0.3) is 98.9 Å². The average Bonchev–Trinajstić information content (AvgIpc) is 3.29. The molecule has 0 aliphatic rings. The Morgan fingerprint density at radius 1 is 0.321 bits per heavy atom. The third kappa shape index (κ3) is 5.85. The number of nitrogens with zero attached hydrogens (tertiary/aromatic N) is 4. The lowest BCUT2D eigenvalue weighted by molar-refractivity contribution is 1.18. The van der Waals surface area contributed by atoms with Crippen LogP contribution in [0.1, 0.15) is 5.56 Å². The van der Waals surface area contributed by atoms with E-state index >= 15 is 0 Å². The number of nitriles is 1. The number of hydrogen-bond donors (Lipinski definition) is 0. The summed E-state index contributed by atoms with van der Waals surface area (Å²) in [6, 6.07) is 65.9. The van der Waals surface area contributed by atoms with Crippen molar-refractivity contribution in [1.29, 1.82) is 5.26 Å². The van der Waals surface area contributed by atoms with Crippen LogP contribution in [-0.4, -0.2) is 15.0 Å². The zero-order valence-corrected chi connectivity index (χ0v) is 30.3. The maximum atomic E-state index is 9.51. The highest BCUT2D eigenvalue weighted by atomic mass is 14.9. The Labute approximate surface area is 324 Å². The molecule has 0 fully saturated rings. The third-order valence-corrected chi connectivity index (χ3v) is 10.7. The van der Waals surface area contributed by atoms with Crippen LogP contribution in [0.2, 0.25) is 0 Å². The van der Waals surface area contributed by atoms with Crippen molar-refractivity contribution < 1.29 is 0 Å². The fourth-order valence-electron chi connectivity index (χ4n) is 7.92. The van der Waals surface area contributed by atoms with Crippen LogP contribution >= 0.6 is 0 Å². The highest BCUT2D eigenvalue weighted by Gasteiger charge is 2.14. The summed E-state index contributed by atoms with van der Waals surface area (Å²) >= 11 is 0. The molecule has 8 aromatic carbocycles. The van der Waals surface area contributed by atoms with Gasteiger partial charge in [0.05, 0.1) is 23.0 Å². The number of pyridine rings is 1. The Kier molecular flexibility index (Phi) is 8.17. The first-order valence-electron chi connectivity index (χ1n) is 18.6. The molecule has 0 N–H and O–H groups in total. The second-order valence-electron chi connectivity index (χ2n) is 13.9. The molecule has 10 aromatic rings. The Morgan fingerprint density at radius 2 is 0.696 bits per heavy atom. The van der Waals surface area contributed by atoms with Crippen LogP contribution in [-0.2, 0) is 0 Å². The summed E-state index contributed by atoms with van der Waals surface area (Å²) < 4.78 is 0. The smallest absolute Gasteiger partial charge is 0.160 e. The normalized spacial score (nSPS) is 11.2. The second-order valence-corrected chi connectivity index (χ2v) is 13.9. The third-order valence-electron chi connectivity index (χ3n) is 10.7. The maximum absolute atomic E-state index is 9.51. The summed E-state index contributed by atoms with van der Waals surface area (Å²) in [6.45, 7) is 0. The molecule has 4 nitrogen and oxygen atoms in total. The quantitative estimate of drug-likeness (QED) is 0.182. The Hall–Kier alpha value is -7.74. The van der Waals surface area contributed by atoms with Gasteiger partial charge in [0.25, 0.3) is 0 Å².